The van der Waals surface area contributed by atoms with E-state index in [1.165, 1.54) is 22.5 Å². The molecular weight excluding hydrogens is 274 g/mol. The van der Waals surface area contributed by atoms with Gasteiger partial charge in [-0.2, -0.15) is 0 Å². The van der Waals surface area contributed by atoms with Gasteiger partial charge >= 0.3 is 0 Å². The van der Waals surface area contributed by atoms with Crippen LogP contribution in [-0.2, 0) is 7.05 Å². The second kappa shape index (κ2) is 5.92. The van der Waals surface area contributed by atoms with Crippen LogP contribution < -0.4 is 10.9 Å². The Hall–Kier alpha value is -2.08. The molecule has 0 spiro atoms. The average Bonchev–Trinajstić information content (AvgIpc) is 2.44. The number of thioether (sulfide) groups is 1. The lowest BCUT2D eigenvalue weighted by Gasteiger charge is -2.08. The zero-order valence-electron chi connectivity index (χ0n) is 11.5. The fraction of sp³-hybridized carbons (Fsp3) is 0.214. The number of hydrogen-bond donors (Lipinski definition) is 1. The zero-order valence-corrected chi connectivity index (χ0v) is 12.3. The van der Waals surface area contributed by atoms with Crippen LogP contribution in [0.2, 0.25) is 0 Å². The molecule has 0 aliphatic rings. The number of carbonyl (C=O) groups is 1. The van der Waals surface area contributed by atoms with Crippen LogP contribution in [0.25, 0.3) is 0 Å². The highest BCUT2D eigenvalue weighted by atomic mass is 32.2. The third-order valence-electron chi connectivity index (χ3n) is 2.86. The van der Waals surface area contributed by atoms with Gasteiger partial charge in [-0.3, -0.25) is 14.2 Å². The highest BCUT2D eigenvalue weighted by Gasteiger charge is 2.14. The number of aromatic nitrogens is 2. The Morgan fingerprint density at radius 3 is 2.55 bits per heavy atom. The molecule has 0 aliphatic carbocycles. The van der Waals surface area contributed by atoms with Crippen LogP contribution in [-0.4, -0.2) is 21.7 Å². The predicted octanol–water partition coefficient (Wildman–Crippen LogP) is 2.06. The van der Waals surface area contributed by atoms with E-state index >= 15 is 0 Å². The second-order valence-corrected chi connectivity index (χ2v) is 5.12. The van der Waals surface area contributed by atoms with E-state index < -0.39 is 5.91 Å². The van der Waals surface area contributed by atoms with Crippen LogP contribution in [0.3, 0.4) is 0 Å². The lowest BCUT2D eigenvalue weighted by atomic mass is 10.2. The van der Waals surface area contributed by atoms with Gasteiger partial charge in [0.05, 0.1) is 0 Å². The third kappa shape index (κ3) is 2.91. The van der Waals surface area contributed by atoms with E-state index in [0.29, 0.717) is 10.8 Å². The number of anilines is 1. The van der Waals surface area contributed by atoms with Crippen LogP contribution in [0.1, 0.15) is 15.9 Å². The molecule has 20 heavy (non-hydrogen) atoms. The SMILES string of the molecule is CSc1ncc(C(=O)Nc2ccc(C)cc2)c(=O)n1C. The summed E-state index contributed by atoms with van der Waals surface area (Å²) in [4.78, 5) is 28.3. The summed E-state index contributed by atoms with van der Waals surface area (Å²) in [6, 6.07) is 7.37. The number of nitrogens with zero attached hydrogens (tertiary/aromatic N) is 2. The van der Waals surface area contributed by atoms with E-state index in [1.54, 1.807) is 19.2 Å². The number of amides is 1. The zero-order chi connectivity index (χ0) is 14.7. The first kappa shape index (κ1) is 14.3. The van der Waals surface area contributed by atoms with Gasteiger partial charge in [0.2, 0.25) is 0 Å². The van der Waals surface area contributed by atoms with Crippen LogP contribution in [0.4, 0.5) is 5.69 Å². The van der Waals surface area contributed by atoms with Crippen molar-refractivity contribution in [1.29, 1.82) is 0 Å². The molecule has 1 amide bonds. The van der Waals surface area contributed by atoms with Crippen molar-refractivity contribution in [2.75, 3.05) is 11.6 Å². The summed E-state index contributed by atoms with van der Waals surface area (Å²) in [5.41, 5.74) is 1.43. The monoisotopic (exact) mass is 289 g/mol. The van der Waals surface area contributed by atoms with E-state index in [2.05, 4.69) is 10.3 Å². The van der Waals surface area contributed by atoms with Gasteiger partial charge in [-0.25, -0.2) is 4.98 Å². The van der Waals surface area contributed by atoms with Crippen LogP contribution in [0.15, 0.2) is 40.4 Å². The van der Waals surface area contributed by atoms with Crippen molar-refractivity contribution in [3.63, 3.8) is 0 Å². The molecule has 5 nitrogen and oxygen atoms in total. The number of rotatable bonds is 3. The number of hydrogen-bond acceptors (Lipinski definition) is 4. The topological polar surface area (TPSA) is 64.0 Å². The number of aryl methyl sites for hydroxylation is 1. The molecule has 0 unspecified atom stereocenters. The maximum absolute atomic E-state index is 12.1. The molecule has 0 saturated carbocycles. The van der Waals surface area contributed by atoms with Crippen molar-refractivity contribution in [3.8, 4) is 0 Å². The van der Waals surface area contributed by atoms with Gasteiger partial charge in [-0.15, -0.1) is 0 Å². The van der Waals surface area contributed by atoms with E-state index in [-0.39, 0.29) is 11.1 Å². The Kier molecular flexibility index (Phi) is 4.24. The van der Waals surface area contributed by atoms with Crippen molar-refractivity contribution in [2.45, 2.75) is 12.1 Å². The Bertz CT molecular complexity index is 693. The second-order valence-electron chi connectivity index (χ2n) is 4.34. The summed E-state index contributed by atoms with van der Waals surface area (Å²) < 4.78 is 1.37. The standard InChI is InChI=1S/C14H15N3O2S/c1-9-4-6-10(7-5-9)16-12(18)11-8-15-14(20-3)17(2)13(11)19/h4-8H,1-3H3,(H,16,18). The van der Waals surface area contributed by atoms with E-state index in [1.807, 2.05) is 25.3 Å². The van der Waals surface area contributed by atoms with Gasteiger partial charge in [0.15, 0.2) is 5.16 Å². The maximum atomic E-state index is 12.1. The summed E-state index contributed by atoms with van der Waals surface area (Å²) in [5.74, 6) is -0.449. The van der Waals surface area contributed by atoms with Gasteiger partial charge in [-0.1, -0.05) is 29.5 Å². The smallest absolute Gasteiger partial charge is 0.266 e. The number of benzene rings is 1. The van der Waals surface area contributed by atoms with Crippen LogP contribution in [0, 0.1) is 6.92 Å². The van der Waals surface area contributed by atoms with E-state index in [9.17, 15) is 9.59 Å². The summed E-state index contributed by atoms with van der Waals surface area (Å²) in [6.45, 7) is 1.96. The molecule has 1 aromatic heterocycles. The van der Waals surface area contributed by atoms with Gasteiger partial charge in [0.25, 0.3) is 11.5 Å². The predicted molar refractivity (Wildman–Crippen MR) is 80.4 cm³/mol. The highest BCUT2D eigenvalue weighted by molar-refractivity contribution is 7.98. The van der Waals surface area contributed by atoms with Gasteiger partial charge in [0, 0.05) is 18.9 Å². The first-order valence-corrected chi connectivity index (χ1v) is 7.23. The molecule has 0 saturated heterocycles. The molecule has 0 aliphatic heterocycles. The van der Waals surface area contributed by atoms with Crippen LogP contribution in [0.5, 0.6) is 0 Å². The Labute approximate surface area is 121 Å². The fourth-order valence-electron chi connectivity index (χ4n) is 1.71. The van der Waals surface area contributed by atoms with Crippen molar-refractivity contribution < 1.29 is 4.79 Å². The van der Waals surface area contributed by atoms with Crippen molar-refractivity contribution >= 4 is 23.4 Å². The molecule has 2 aromatic rings. The summed E-state index contributed by atoms with van der Waals surface area (Å²) >= 11 is 1.36. The third-order valence-corrected chi connectivity index (χ3v) is 3.61. The van der Waals surface area contributed by atoms with Gasteiger partial charge < -0.3 is 5.32 Å². The van der Waals surface area contributed by atoms with E-state index in [0.717, 1.165) is 5.56 Å². The van der Waals surface area contributed by atoms with Crippen molar-refractivity contribution in [1.82, 2.24) is 9.55 Å². The number of carbonyl (C=O) groups excluding carboxylic acids is 1. The largest absolute Gasteiger partial charge is 0.322 e. The average molecular weight is 289 g/mol. The minimum absolute atomic E-state index is 0.0332. The first-order chi connectivity index (χ1) is 9.52. The normalized spacial score (nSPS) is 10.3. The lowest BCUT2D eigenvalue weighted by Crippen LogP contribution is -2.29. The summed E-state index contributed by atoms with van der Waals surface area (Å²) in [5, 5.41) is 3.26. The summed E-state index contributed by atoms with van der Waals surface area (Å²) in [6.07, 6.45) is 3.14. The molecule has 1 heterocycles. The Balaban J connectivity index is 2.28. The molecule has 0 atom stereocenters. The molecule has 1 N–H and O–H groups in total. The lowest BCUT2D eigenvalue weighted by molar-refractivity contribution is 0.102. The molecule has 2 rings (SSSR count). The molecule has 104 valence electrons. The van der Waals surface area contributed by atoms with Gasteiger partial charge in [0.1, 0.15) is 5.56 Å². The quantitative estimate of drug-likeness (QED) is 0.694. The summed E-state index contributed by atoms with van der Waals surface area (Å²) in [7, 11) is 1.60. The minimum atomic E-state index is -0.449. The molecule has 6 heteroatoms. The maximum Gasteiger partial charge on any atom is 0.266 e. The Morgan fingerprint density at radius 2 is 1.95 bits per heavy atom. The molecule has 0 fully saturated rings. The minimum Gasteiger partial charge on any atom is -0.322 e. The van der Waals surface area contributed by atoms with Crippen LogP contribution >= 0.6 is 11.8 Å². The number of nitrogens with one attached hydrogen (secondary N) is 1. The van der Waals surface area contributed by atoms with Gasteiger partial charge in [-0.05, 0) is 25.3 Å². The first-order valence-electron chi connectivity index (χ1n) is 6.01. The fourth-order valence-corrected chi connectivity index (χ4v) is 2.22. The van der Waals surface area contributed by atoms with Crippen molar-refractivity contribution in [2.24, 2.45) is 7.05 Å². The Morgan fingerprint density at radius 1 is 1.30 bits per heavy atom. The van der Waals surface area contributed by atoms with E-state index in [4.69, 9.17) is 0 Å². The molecule has 0 radical (unpaired) electrons. The molecular formula is C14H15N3O2S. The highest BCUT2D eigenvalue weighted by Crippen LogP contribution is 2.11. The molecule has 1 aromatic carbocycles. The van der Waals surface area contributed by atoms with Crippen molar-refractivity contribution in [3.05, 3.63) is 51.9 Å². The molecule has 0 bridgehead atoms.